The van der Waals surface area contributed by atoms with E-state index in [-0.39, 0.29) is 12.3 Å². The first-order chi connectivity index (χ1) is 12.2. The van der Waals surface area contributed by atoms with Crippen LogP contribution in [0.3, 0.4) is 0 Å². The number of nitrogens with zero attached hydrogens (tertiary/aromatic N) is 3. The number of carbonyl (C=O) groups is 1. The van der Waals surface area contributed by atoms with Crippen LogP contribution in [0, 0.1) is 0 Å². The molecule has 0 saturated carbocycles. The highest BCUT2D eigenvalue weighted by atomic mass is 16.5. The van der Waals surface area contributed by atoms with Crippen LogP contribution >= 0.6 is 0 Å². The van der Waals surface area contributed by atoms with Crippen LogP contribution in [0.4, 0.5) is 17.3 Å². The molecule has 0 unspecified atom stereocenters. The zero-order chi connectivity index (χ0) is 17.2. The van der Waals surface area contributed by atoms with Gasteiger partial charge in [0.2, 0.25) is 17.7 Å². The molecule has 0 spiro atoms. The van der Waals surface area contributed by atoms with Crippen LogP contribution in [0.5, 0.6) is 5.88 Å². The van der Waals surface area contributed by atoms with Crippen molar-refractivity contribution >= 4 is 23.2 Å². The van der Waals surface area contributed by atoms with Crippen molar-refractivity contribution < 1.29 is 9.53 Å². The fourth-order valence-corrected chi connectivity index (χ4v) is 2.70. The Morgan fingerprint density at radius 1 is 1.12 bits per heavy atom. The van der Waals surface area contributed by atoms with Crippen molar-refractivity contribution in [1.29, 1.82) is 0 Å². The highest BCUT2D eigenvalue weighted by molar-refractivity contribution is 5.99. The molecule has 7 nitrogen and oxygen atoms in total. The van der Waals surface area contributed by atoms with Crippen molar-refractivity contribution in [2.45, 2.75) is 6.42 Å². The van der Waals surface area contributed by atoms with Crippen LogP contribution in [0.15, 0.2) is 48.8 Å². The summed E-state index contributed by atoms with van der Waals surface area (Å²) in [6.07, 6.45) is 3.57. The number of pyridine rings is 1. The van der Waals surface area contributed by atoms with Gasteiger partial charge in [-0.05, 0) is 12.1 Å². The number of nitrogens with one attached hydrogen (secondary N) is 2. The van der Waals surface area contributed by atoms with Gasteiger partial charge in [0.1, 0.15) is 0 Å². The SMILES string of the molecule is COc1ccc(Nc2ncc3c(n2)-c2ccccc2NC(=O)C3)cn1. The van der Waals surface area contributed by atoms with E-state index in [0.717, 1.165) is 28.2 Å². The van der Waals surface area contributed by atoms with Gasteiger partial charge in [0.25, 0.3) is 0 Å². The van der Waals surface area contributed by atoms with Crippen LogP contribution in [0.1, 0.15) is 5.56 Å². The number of amides is 1. The molecule has 124 valence electrons. The van der Waals surface area contributed by atoms with Gasteiger partial charge in [-0.3, -0.25) is 4.79 Å². The second kappa shape index (κ2) is 6.20. The minimum atomic E-state index is -0.0742. The molecule has 1 amide bonds. The van der Waals surface area contributed by atoms with E-state index >= 15 is 0 Å². The van der Waals surface area contributed by atoms with E-state index < -0.39 is 0 Å². The number of hydrogen-bond acceptors (Lipinski definition) is 6. The standard InChI is InChI=1S/C18H15N5O2/c1-25-16-7-6-12(10-19-16)21-18-20-9-11-8-15(24)22-14-5-3-2-4-13(14)17(11)23-18/h2-7,9-10H,8H2,1H3,(H,22,24)(H,20,21,23). The molecular formula is C18H15N5O2. The molecule has 3 aromatic rings. The number of ether oxygens (including phenoxy) is 1. The quantitative estimate of drug-likeness (QED) is 0.766. The van der Waals surface area contributed by atoms with Gasteiger partial charge >= 0.3 is 0 Å². The summed E-state index contributed by atoms with van der Waals surface area (Å²) in [5, 5.41) is 6.02. The number of fused-ring (bicyclic) bond motifs is 3. The van der Waals surface area contributed by atoms with Gasteiger partial charge in [0.05, 0.1) is 36.8 Å². The zero-order valence-corrected chi connectivity index (χ0v) is 13.5. The molecule has 0 saturated heterocycles. The van der Waals surface area contributed by atoms with Crippen molar-refractivity contribution in [2.24, 2.45) is 0 Å². The fourth-order valence-electron chi connectivity index (χ4n) is 2.70. The monoisotopic (exact) mass is 333 g/mol. The summed E-state index contributed by atoms with van der Waals surface area (Å²) in [5.41, 5.74) is 3.91. The summed E-state index contributed by atoms with van der Waals surface area (Å²) in [4.78, 5) is 25.1. The number of carbonyl (C=O) groups excluding carboxylic acids is 1. The van der Waals surface area contributed by atoms with Crippen LogP contribution in [-0.2, 0) is 11.2 Å². The van der Waals surface area contributed by atoms with Gasteiger partial charge in [-0.15, -0.1) is 0 Å². The Morgan fingerprint density at radius 2 is 2.00 bits per heavy atom. The molecule has 1 aromatic carbocycles. The first kappa shape index (κ1) is 15.1. The maximum absolute atomic E-state index is 12.0. The summed E-state index contributed by atoms with van der Waals surface area (Å²) >= 11 is 0. The molecule has 7 heteroatoms. The van der Waals surface area contributed by atoms with Gasteiger partial charge in [-0.2, -0.15) is 0 Å². The summed E-state index contributed by atoms with van der Waals surface area (Å²) in [6, 6.07) is 11.2. The highest BCUT2D eigenvalue weighted by Gasteiger charge is 2.20. The number of anilines is 3. The number of aromatic nitrogens is 3. The lowest BCUT2D eigenvalue weighted by molar-refractivity contribution is -0.115. The fraction of sp³-hybridized carbons (Fsp3) is 0.111. The van der Waals surface area contributed by atoms with Gasteiger partial charge in [-0.1, -0.05) is 18.2 Å². The Balaban J connectivity index is 1.72. The van der Waals surface area contributed by atoms with Crippen molar-refractivity contribution in [3.05, 3.63) is 54.4 Å². The largest absolute Gasteiger partial charge is 0.481 e. The van der Waals surface area contributed by atoms with Crippen LogP contribution in [0.2, 0.25) is 0 Å². The topological polar surface area (TPSA) is 89.0 Å². The lowest BCUT2D eigenvalue weighted by atomic mass is 10.1. The van der Waals surface area contributed by atoms with Gasteiger partial charge in [0, 0.05) is 23.4 Å². The summed E-state index contributed by atoms with van der Waals surface area (Å²) in [5.74, 6) is 0.900. The lowest BCUT2D eigenvalue weighted by Crippen LogP contribution is -2.12. The average Bonchev–Trinajstić information content (AvgIpc) is 2.78. The van der Waals surface area contributed by atoms with Crippen molar-refractivity contribution in [1.82, 2.24) is 15.0 Å². The number of methoxy groups -OCH3 is 1. The molecule has 0 aliphatic carbocycles. The lowest BCUT2D eigenvalue weighted by Gasteiger charge is -2.10. The van der Waals surface area contributed by atoms with Crippen LogP contribution in [-0.4, -0.2) is 28.0 Å². The molecule has 3 heterocycles. The summed E-state index contributed by atoms with van der Waals surface area (Å²) in [6.45, 7) is 0. The molecule has 4 rings (SSSR count). The van der Waals surface area contributed by atoms with Gasteiger partial charge < -0.3 is 15.4 Å². The number of benzene rings is 1. The third kappa shape index (κ3) is 2.99. The Labute approximate surface area is 144 Å². The first-order valence-electron chi connectivity index (χ1n) is 7.75. The predicted octanol–water partition coefficient (Wildman–Crippen LogP) is 2.79. The Kier molecular flexibility index (Phi) is 3.74. The molecule has 0 radical (unpaired) electrons. The predicted molar refractivity (Wildman–Crippen MR) is 93.9 cm³/mol. The van der Waals surface area contributed by atoms with E-state index in [2.05, 4.69) is 25.6 Å². The molecule has 2 N–H and O–H groups in total. The summed E-state index contributed by atoms with van der Waals surface area (Å²) in [7, 11) is 1.57. The molecule has 1 aliphatic heterocycles. The van der Waals surface area contributed by atoms with E-state index in [1.165, 1.54) is 0 Å². The van der Waals surface area contributed by atoms with Gasteiger partial charge in [0.15, 0.2) is 0 Å². The molecule has 0 atom stereocenters. The number of hydrogen-bond donors (Lipinski definition) is 2. The van der Waals surface area contributed by atoms with E-state index in [4.69, 9.17) is 4.74 Å². The van der Waals surface area contributed by atoms with Crippen molar-refractivity contribution in [3.63, 3.8) is 0 Å². The number of rotatable bonds is 3. The van der Waals surface area contributed by atoms with Crippen molar-refractivity contribution in [2.75, 3.05) is 17.7 Å². The number of para-hydroxylation sites is 1. The smallest absolute Gasteiger partial charge is 0.228 e. The average molecular weight is 333 g/mol. The molecule has 25 heavy (non-hydrogen) atoms. The minimum Gasteiger partial charge on any atom is -0.481 e. The van der Waals surface area contributed by atoms with Crippen LogP contribution in [0.25, 0.3) is 11.3 Å². The second-order valence-corrected chi connectivity index (χ2v) is 5.55. The molecule has 0 fully saturated rings. The van der Waals surface area contributed by atoms with Crippen LogP contribution < -0.4 is 15.4 Å². The molecule has 0 bridgehead atoms. The third-order valence-electron chi connectivity index (χ3n) is 3.87. The minimum absolute atomic E-state index is 0.0742. The third-order valence-corrected chi connectivity index (χ3v) is 3.87. The Bertz CT molecular complexity index is 940. The van der Waals surface area contributed by atoms with E-state index in [1.54, 1.807) is 25.6 Å². The van der Waals surface area contributed by atoms with Gasteiger partial charge in [-0.25, -0.2) is 15.0 Å². The van der Waals surface area contributed by atoms with E-state index in [9.17, 15) is 4.79 Å². The van der Waals surface area contributed by atoms with Crippen molar-refractivity contribution in [3.8, 4) is 17.1 Å². The highest BCUT2D eigenvalue weighted by Crippen LogP contribution is 2.32. The van der Waals surface area contributed by atoms with E-state index in [1.807, 2.05) is 30.3 Å². The van der Waals surface area contributed by atoms with E-state index in [0.29, 0.717) is 11.8 Å². The molecular weight excluding hydrogens is 318 g/mol. The Hall–Kier alpha value is -3.48. The second-order valence-electron chi connectivity index (χ2n) is 5.55. The summed E-state index contributed by atoms with van der Waals surface area (Å²) < 4.78 is 5.05. The maximum Gasteiger partial charge on any atom is 0.228 e. The first-order valence-corrected chi connectivity index (χ1v) is 7.75. The molecule has 1 aliphatic rings. The zero-order valence-electron chi connectivity index (χ0n) is 13.5. The Morgan fingerprint density at radius 3 is 2.80 bits per heavy atom. The normalized spacial score (nSPS) is 12.4. The maximum atomic E-state index is 12.0. The molecule has 2 aromatic heterocycles.